The lowest BCUT2D eigenvalue weighted by molar-refractivity contribution is 0.0601. The second-order valence-corrected chi connectivity index (χ2v) is 7.13. The Morgan fingerprint density at radius 2 is 2.24 bits per heavy atom. The molecule has 0 aliphatic rings. The van der Waals surface area contributed by atoms with Crippen molar-refractivity contribution in [3.8, 4) is 0 Å². The van der Waals surface area contributed by atoms with E-state index in [0.717, 1.165) is 16.0 Å². The molecule has 25 heavy (non-hydrogen) atoms. The average Bonchev–Trinajstić information content (AvgIpc) is 3.06. The highest BCUT2D eigenvalue weighted by atomic mass is 32.2. The highest BCUT2D eigenvalue weighted by molar-refractivity contribution is 8.00. The molecule has 0 fully saturated rings. The van der Waals surface area contributed by atoms with E-state index < -0.39 is 5.97 Å². The van der Waals surface area contributed by atoms with Gasteiger partial charge in [0.2, 0.25) is 5.13 Å². The quantitative estimate of drug-likeness (QED) is 0.497. The number of thioether (sulfide) groups is 1. The molecule has 10 heteroatoms. The minimum Gasteiger partial charge on any atom is -0.465 e. The van der Waals surface area contributed by atoms with Gasteiger partial charge in [-0.3, -0.25) is 4.79 Å². The predicted octanol–water partition coefficient (Wildman–Crippen LogP) is 2.29. The van der Waals surface area contributed by atoms with Gasteiger partial charge in [-0.15, -0.1) is 10.2 Å². The van der Waals surface area contributed by atoms with Gasteiger partial charge in [-0.1, -0.05) is 23.1 Å². The van der Waals surface area contributed by atoms with Gasteiger partial charge < -0.3 is 15.0 Å². The number of H-pyrrole nitrogens is 1. The molecule has 2 heterocycles. The van der Waals surface area contributed by atoms with Crippen molar-refractivity contribution in [2.75, 3.05) is 19.0 Å². The third-order valence-corrected chi connectivity index (χ3v) is 5.27. The van der Waals surface area contributed by atoms with E-state index in [0.29, 0.717) is 28.0 Å². The summed E-state index contributed by atoms with van der Waals surface area (Å²) in [4.78, 5) is 31.0. The van der Waals surface area contributed by atoms with Crippen LogP contribution in [0.25, 0.3) is 10.9 Å². The topological polar surface area (TPSA) is 110 Å². The molecule has 0 spiro atoms. The summed E-state index contributed by atoms with van der Waals surface area (Å²) in [5.74, 6) is 0.475. The van der Waals surface area contributed by atoms with E-state index in [2.05, 4.69) is 25.5 Å². The first kappa shape index (κ1) is 17.4. The van der Waals surface area contributed by atoms with Crippen LogP contribution in [-0.2, 0) is 10.5 Å². The summed E-state index contributed by atoms with van der Waals surface area (Å²) in [6, 6.07) is 4.67. The maximum Gasteiger partial charge on any atom is 0.337 e. The van der Waals surface area contributed by atoms with Crippen molar-refractivity contribution in [2.45, 2.75) is 17.0 Å². The molecule has 1 aromatic carbocycles. The number of nitrogens with zero attached hydrogens (tertiary/aromatic N) is 3. The number of carbonyl (C=O) groups is 1. The zero-order valence-corrected chi connectivity index (χ0v) is 15.2. The molecule has 0 radical (unpaired) electrons. The van der Waals surface area contributed by atoms with E-state index in [1.807, 2.05) is 6.92 Å². The van der Waals surface area contributed by atoms with Gasteiger partial charge in [0.25, 0.3) is 5.56 Å². The van der Waals surface area contributed by atoms with Crippen LogP contribution < -0.4 is 10.9 Å². The molecule has 0 unspecified atom stereocenters. The molecule has 130 valence electrons. The molecule has 3 rings (SSSR count). The van der Waals surface area contributed by atoms with Gasteiger partial charge in [0.1, 0.15) is 5.82 Å². The third-order valence-electron chi connectivity index (χ3n) is 3.24. The Kier molecular flexibility index (Phi) is 5.29. The number of hydrogen-bond acceptors (Lipinski definition) is 9. The molecule has 0 aliphatic heterocycles. The Balaban J connectivity index is 1.83. The smallest absolute Gasteiger partial charge is 0.337 e. The van der Waals surface area contributed by atoms with Crippen molar-refractivity contribution in [3.63, 3.8) is 0 Å². The molecule has 2 N–H and O–H groups in total. The van der Waals surface area contributed by atoms with E-state index in [-0.39, 0.29) is 5.56 Å². The predicted molar refractivity (Wildman–Crippen MR) is 97.3 cm³/mol. The molecule has 0 saturated heterocycles. The fourth-order valence-electron chi connectivity index (χ4n) is 2.12. The lowest BCUT2D eigenvalue weighted by atomic mass is 10.1. The van der Waals surface area contributed by atoms with Crippen LogP contribution in [0.1, 0.15) is 23.1 Å². The first-order chi connectivity index (χ1) is 12.1. The molecular weight excluding hydrogens is 362 g/mol. The Labute approximate surface area is 151 Å². The van der Waals surface area contributed by atoms with Crippen molar-refractivity contribution in [1.82, 2.24) is 20.2 Å². The number of esters is 1. The summed E-state index contributed by atoms with van der Waals surface area (Å²) in [6.45, 7) is 2.77. The molecule has 8 nitrogen and oxygen atoms in total. The summed E-state index contributed by atoms with van der Waals surface area (Å²) in [7, 11) is 1.31. The van der Waals surface area contributed by atoms with E-state index in [1.54, 1.807) is 18.2 Å². The first-order valence-corrected chi connectivity index (χ1v) is 9.22. The Hall–Kier alpha value is -2.46. The normalized spacial score (nSPS) is 10.8. The van der Waals surface area contributed by atoms with E-state index in [9.17, 15) is 9.59 Å². The van der Waals surface area contributed by atoms with E-state index in [4.69, 9.17) is 4.74 Å². The Morgan fingerprint density at radius 1 is 1.40 bits per heavy atom. The Bertz CT molecular complexity index is 969. The second-order valence-electron chi connectivity index (χ2n) is 4.93. The fourth-order valence-corrected chi connectivity index (χ4v) is 3.81. The minimum absolute atomic E-state index is 0.248. The summed E-state index contributed by atoms with van der Waals surface area (Å²) < 4.78 is 5.48. The number of rotatable bonds is 6. The maximum absolute atomic E-state index is 12.2. The van der Waals surface area contributed by atoms with Crippen LogP contribution in [0.4, 0.5) is 5.13 Å². The summed E-state index contributed by atoms with van der Waals surface area (Å²) in [5.41, 5.74) is 0.557. The number of aromatic amines is 1. The van der Waals surface area contributed by atoms with Crippen LogP contribution in [0.2, 0.25) is 0 Å². The van der Waals surface area contributed by atoms with Crippen molar-refractivity contribution < 1.29 is 9.53 Å². The zero-order valence-electron chi connectivity index (χ0n) is 13.5. The van der Waals surface area contributed by atoms with Gasteiger partial charge in [-0.05, 0) is 25.1 Å². The van der Waals surface area contributed by atoms with Crippen LogP contribution in [-0.4, -0.2) is 39.8 Å². The second kappa shape index (κ2) is 7.62. The number of aromatic nitrogens is 4. The number of anilines is 1. The number of hydrogen-bond donors (Lipinski definition) is 2. The standard InChI is InChI=1S/C15H15N5O3S2/c1-3-16-14-19-20-15(25-14)24-7-11-17-10-6-8(13(22)23-2)4-5-9(10)12(21)18-11/h4-6H,3,7H2,1-2H3,(H,16,19)(H,17,18,21). The van der Waals surface area contributed by atoms with Gasteiger partial charge in [0.05, 0.1) is 29.3 Å². The zero-order chi connectivity index (χ0) is 17.8. The van der Waals surface area contributed by atoms with Crippen molar-refractivity contribution in [2.24, 2.45) is 0 Å². The summed E-state index contributed by atoms with van der Waals surface area (Å²) >= 11 is 2.88. The lowest BCUT2D eigenvalue weighted by Gasteiger charge is -2.04. The Morgan fingerprint density at radius 3 is 3.00 bits per heavy atom. The minimum atomic E-state index is -0.468. The van der Waals surface area contributed by atoms with Crippen molar-refractivity contribution in [3.05, 3.63) is 39.9 Å². The van der Waals surface area contributed by atoms with Gasteiger partial charge in [0.15, 0.2) is 4.34 Å². The number of carbonyl (C=O) groups excluding carboxylic acids is 1. The monoisotopic (exact) mass is 377 g/mol. The van der Waals surface area contributed by atoms with Crippen LogP contribution in [0.5, 0.6) is 0 Å². The van der Waals surface area contributed by atoms with Crippen LogP contribution in [0.15, 0.2) is 27.3 Å². The van der Waals surface area contributed by atoms with Gasteiger partial charge in [-0.25, -0.2) is 9.78 Å². The van der Waals surface area contributed by atoms with Crippen molar-refractivity contribution >= 4 is 45.1 Å². The number of benzene rings is 1. The van der Waals surface area contributed by atoms with E-state index >= 15 is 0 Å². The largest absolute Gasteiger partial charge is 0.465 e. The van der Waals surface area contributed by atoms with E-state index in [1.165, 1.54) is 30.2 Å². The highest BCUT2D eigenvalue weighted by Gasteiger charge is 2.11. The molecule has 0 saturated carbocycles. The maximum atomic E-state index is 12.2. The third kappa shape index (κ3) is 3.97. The fraction of sp³-hybridized carbons (Fsp3) is 0.267. The number of methoxy groups -OCH3 is 1. The highest BCUT2D eigenvalue weighted by Crippen LogP contribution is 2.27. The molecule has 0 amide bonds. The van der Waals surface area contributed by atoms with Crippen LogP contribution >= 0.6 is 23.1 Å². The average molecular weight is 377 g/mol. The summed E-state index contributed by atoms with van der Waals surface area (Å²) in [5, 5.41) is 12.4. The van der Waals surface area contributed by atoms with Crippen LogP contribution in [0, 0.1) is 0 Å². The van der Waals surface area contributed by atoms with Gasteiger partial charge in [0, 0.05) is 6.54 Å². The van der Waals surface area contributed by atoms with Crippen molar-refractivity contribution in [1.29, 1.82) is 0 Å². The molecule has 0 atom stereocenters. The molecule has 0 aliphatic carbocycles. The number of fused-ring (bicyclic) bond motifs is 1. The molecule has 3 aromatic rings. The summed E-state index contributed by atoms with van der Waals surface area (Å²) in [6.07, 6.45) is 0. The molecule has 2 aromatic heterocycles. The van der Waals surface area contributed by atoms with Crippen LogP contribution in [0.3, 0.4) is 0 Å². The lowest BCUT2D eigenvalue weighted by Crippen LogP contribution is -2.12. The molecular formula is C15H15N5O3S2. The van der Waals surface area contributed by atoms with Gasteiger partial charge >= 0.3 is 5.97 Å². The SMILES string of the molecule is CCNc1nnc(SCc2nc3cc(C(=O)OC)ccc3c(=O)[nH]2)s1. The van der Waals surface area contributed by atoms with Gasteiger partial charge in [-0.2, -0.15) is 0 Å². The number of nitrogens with one attached hydrogen (secondary N) is 2. The number of ether oxygens (including phenoxy) is 1. The molecule has 0 bridgehead atoms. The first-order valence-electron chi connectivity index (χ1n) is 7.42.